The first kappa shape index (κ1) is 22.2. The Balaban J connectivity index is 3.41. The third-order valence-electron chi connectivity index (χ3n) is 4.48. The maximum atomic E-state index is 10.9. The molecular formula is C20H38O3. The molecule has 23 heavy (non-hydrogen) atoms. The summed E-state index contributed by atoms with van der Waals surface area (Å²) in [6.07, 6.45) is 17.8. The molecule has 3 heteroatoms. The quantitative estimate of drug-likeness (QED) is 0.282. The van der Waals surface area contributed by atoms with Crippen LogP contribution in [0.4, 0.5) is 0 Å². The van der Waals surface area contributed by atoms with Gasteiger partial charge in [-0.05, 0) is 38.5 Å². The van der Waals surface area contributed by atoms with E-state index in [1.807, 2.05) is 6.92 Å². The van der Waals surface area contributed by atoms with Crippen molar-refractivity contribution in [2.24, 2.45) is 5.92 Å². The second kappa shape index (κ2) is 16.0. The summed E-state index contributed by atoms with van der Waals surface area (Å²) in [5.74, 6) is -0.808. The van der Waals surface area contributed by atoms with Gasteiger partial charge in [0.2, 0.25) is 0 Å². The lowest BCUT2D eigenvalue weighted by molar-refractivity contribution is -0.142. The first-order valence-electron chi connectivity index (χ1n) is 9.67. The van der Waals surface area contributed by atoms with Crippen molar-refractivity contribution in [1.29, 1.82) is 0 Å². The summed E-state index contributed by atoms with van der Waals surface area (Å²) in [5, 5.41) is 18.8. The summed E-state index contributed by atoms with van der Waals surface area (Å²) >= 11 is 0. The normalized spacial score (nSPS) is 14.2. The van der Waals surface area contributed by atoms with Gasteiger partial charge >= 0.3 is 5.97 Å². The molecule has 0 spiro atoms. The van der Waals surface area contributed by atoms with E-state index in [4.69, 9.17) is 5.11 Å². The lowest BCUT2D eigenvalue weighted by Crippen LogP contribution is -2.12. The first-order chi connectivity index (χ1) is 11.1. The van der Waals surface area contributed by atoms with Crippen molar-refractivity contribution >= 4 is 5.97 Å². The third kappa shape index (κ3) is 14.5. The van der Waals surface area contributed by atoms with Gasteiger partial charge in [-0.1, -0.05) is 70.9 Å². The second-order valence-electron chi connectivity index (χ2n) is 6.65. The number of carboxylic acid groups (broad SMARTS) is 1. The largest absolute Gasteiger partial charge is 0.481 e. The van der Waals surface area contributed by atoms with Gasteiger partial charge in [0.05, 0.1) is 12.0 Å². The van der Waals surface area contributed by atoms with E-state index in [0.717, 1.165) is 57.8 Å². The highest BCUT2D eigenvalue weighted by Crippen LogP contribution is 2.15. The maximum Gasteiger partial charge on any atom is 0.306 e. The molecule has 0 amide bonds. The molecule has 1 unspecified atom stereocenters. The van der Waals surface area contributed by atoms with Crippen LogP contribution in [-0.2, 0) is 4.79 Å². The average molecular weight is 327 g/mol. The van der Waals surface area contributed by atoms with Crippen LogP contribution < -0.4 is 0 Å². The van der Waals surface area contributed by atoms with Crippen molar-refractivity contribution in [3.8, 4) is 0 Å². The monoisotopic (exact) mass is 326 g/mol. The predicted molar refractivity (Wildman–Crippen MR) is 97.6 cm³/mol. The van der Waals surface area contributed by atoms with Crippen molar-refractivity contribution in [3.05, 3.63) is 12.2 Å². The summed E-state index contributed by atoms with van der Waals surface area (Å²) in [6.45, 7) is 4.15. The summed E-state index contributed by atoms with van der Waals surface area (Å²) in [7, 11) is 0. The molecule has 0 aliphatic heterocycles. The SMILES string of the molecule is CCCCCC[C@@H](O)CC=CCCCCCCC(CC)C(=O)O. The third-order valence-corrected chi connectivity index (χ3v) is 4.48. The molecule has 0 fully saturated rings. The molecule has 136 valence electrons. The number of aliphatic hydroxyl groups excluding tert-OH is 1. The number of aliphatic carboxylic acids is 1. The van der Waals surface area contributed by atoms with Crippen molar-refractivity contribution < 1.29 is 15.0 Å². The summed E-state index contributed by atoms with van der Waals surface area (Å²) in [6, 6.07) is 0. The van der Waals surface area contributed by atoms with Gasteiger partial charge in [0.15, 0.2) is 0 Å². The van der Waals surface area contributed by atoms with Crippen LogP contribution in [0.25, 0.3) is 0 Å². The first-order valence-corrected chi connectivity index (χ1v) is 9.67. The van der Waals surface area contributed by atoms with E-state index >= 15 is 0 Å². The van der Waals surface area contributed by atoms with Crippen molar-refractivity contribution in [1.82, 2.24) is 0 Å². The molecule has 0 saturated carbocycles. The van der Waals surface area contributed by atoms with Crippen molar-refractivity contribution in [3.63, 3.8) is 0 Å². The zero-order valence-electron chi connectivity index (χ0n) is 15.3. The van der Waals surface area contributed by atoms with Crippen LogP contribution in [0.15, 0.2) is 12.2 Å². The van der Waals surface area contributed by atoms with Gasteiger partial charge in [-0.25, -0.2) is 0 Å². The Morgan fingerprint density at radius 3 is 2.22 bits per heavy atom. The van der Waals surface area contributed by atoms with E-state index in [1.165, 1.54) is 25.7 Å². The smallest absolute Gasteiger partial charge is 0.306 e. The van der Waals surface area contributed by atoms with Crippen LogP contribution in [0.1, 0.15) is 97.3 Å². The summed E-state index contributed by atoms with van der Waals surface area (Å²) in [5.41, 5.74) is 0. The molecule has 0 aliphatic carbocycles. The number of allylic oxidation sites excluding steroid dienone is 1. The van der Waals surface area contributed by atoms with Gasteiger partial charge in [-0.3, -0.25) is 4.79 Å². The molecule has 0 bridgehead atoms. The molecule has 0 heterocycles. The molecular weight excluding hydrogens is 288 g/mol. The fraction of sp³-hybridized carbons (Fsp3) is 0.850. The average Bonchev–Trinajstić information content (AvgIpc) is 2.53. The molecule has 2 N–H and O–H groups in total. The van der Waals surface area contributed by atoms with Gasteiger partial charge in [0.1, 0.15) is 0 Å². The van der Waals surface area contributed by atoms with E-state index in [9.17, 15) is 9.90 Å². The Morgan fingerprint density at radius 1 is 0.913 bits per heavy atom. The Kier molecular flexibility index (Phi) is 15.5. The molecule has 0 aliphatic rings. The number of carbonyl (C=O) groups is 1. The van der Waals surface area contributed by atoms with E-state index in [2.05, 4.69) is 19.1 Å². The van der Waals surface area contributed by atoms with Gasteiger partial charge in [-0.2, -0.15) is 0 Å². The van der Waals surface area contributed by atoms with Crippen LogP contribution in [0.2, 0.25) is 0 Å². The Morgan fingerprint density at radius 2 is 1.57 bits per heavy atom. The molecule has 0 aromatic heterocycles. The molecule has 0 saturated heterocycles. The summed E-state index contributed by atoms with van der Waals surface area (Å²) in [4.78, 5) is 10.9. The molecule has 0 aromatic carbocycles. The molecule has 3 nitrogen and oxygen atoms in total. The zero-order valence-corrected chi connectivity index (χ0v) is 15.3. The fourth-order valence-electron chi connectivity index (χ4n) is 2.80. The van der Waals surface area contributed by atoms with Gasteiger partial charge in [0, 0.05) is 0 Å². The van der Waals surface area contributed by atoms with Crippen LogP contribution in [0.5, 0.6) is 0 Å². The topological polar surface area (TPSA) is 57.5 Å². The van der Waals surface area contributed by atoms with Gasteiger partial charge in [0.25, 0.3) is 0 Å². The Bertz CT molecular complexity index is 299. The van der Waals surface area contributed by atoms with Crippen LogP contribution >= 0.6 is 0 Å². The van der Waals surface area contributed by atoms with Crippen molar-refractivity contribution in [2.45, 2.75) is 103 Å². The number of unbranched alkanes of at least 4 members (excludes halogenated alkanes) is 7. The van der Waals surface area contributed by atoms with Crippen LogP contribution in [0.3, 0.4) is 0 Å². The van der Waals surface area contributed by atoms with E-state index in [1.54, 1.807) is 0 Å². The maximum absolute atomic E-state index is 10.9. The second-order valence-corrected chi connectivity index (χ2v) is 6.65. The van der Waals surface area contributed by atoms with Gasteiger partial charge < -0.3 is 10.2 Å². The van der Waals surface area contributed by atoms with Gasteiger partial charge in [-0.15, -0.1) is 0 Å². The standard InChI is InChI=1S/C20H38O3/c1-3-5-6-13-16-19(21)17-14-11-9-7-8-10-12-15-18(4-2)20(22)23/h11,14,18-19,21H,3-10,12-13,15-17H2,1-2H3,(H,22,23)/t18?,19-/m1/s1. The highest BCUT2D eigenvalue weighted by Gasteiger charge is 2.13. The highest BCUT2D eigenvalue weighted by molar-refractivity contribution is 5.69. The van der Waals surface area contributed by atoms with E-state index < -0.39 is 5.97 Å². The number of aliphatic hydroxyl groups is 1. The number of hydrogen-bond donors (Lipinski definition) is 2. The minimum absolute atomic E-state index is 0.159. The van der Waals surface area contributed by atoms with Crippen LogP contribution in [0, 0.1) is 5.92 Å². The van der Waals surface area contributed by atoms with Crippen LogP contribution in [-0.4, -0.2) is 22.3 Å². The lowest BCUT2D eigenvalue weighted by atomic mass is 9.98. The molecule has 2 atom stereocenters. The minimum atomic E-state index is -0.649. The number of hydrogen-bond acceptors (Lipinski definition) is 2. The number of carboxylic acids is 1. The molecule has 0 radical (unpaired) electrons. The Hall–Kier alpha value is -0.830. The fourth-order valence-corrected chi connectivity index (χ4v) is 2.80. The van der Waals surface area contributed by atoms with E-state index in [-0.39, 0.29) is 12.0 Å². The predicted octanol–water partition coefficient (Wildman–Crippen LogP) is 5.72. The molecule has 0 rings (SSSR count). The van der Waals surface area contributed by atoms with Crippen molar-refractivity contribution in [2.75, 3.05) is 0 Å². The minimum Gasteiger partial charge on any atom is -0.481 e. The van der Waals surface area contributed by atoms with E-state index in [0.29, 0.717) is 0 Å². The summed E-state index contributed by atoms with van der Waals surface area (Å²) < 4.78 is 0. The Labute approximate surface area is 143 Å². The zero-order chi connectivity index (χ0) is 17.3. The molecule has 0 aromatic rings. The highest BCUT2D eigenvalue weighted by atomic mass is 16.4. The number of rotatable bonds is 16. The lowest BCUT2D eigenvalue weighted by Gasteiger charge is -2.08.